The molecule has 1 amide bonds. The maximum absolute atomic E-state index is 13.8. The van der Waals surface area contributed by atoms with Gasteiger partial charge in [-0.3, -0.25) is 4.79 Å². The zero-order valence-electron chi connectivity index (χ0n) is 14.1. The molecule has 136 valence electrons. The molecule has 0 atom stereocenters. The van der Waals surface area contributed by atoms with Gasteiger partial charge in [0.2, 0.25) is 0 Å². The van der Waals surface area contributed by atoms with E-state index in [-0.39, 0.29) is 29.6 Å². The SMILES string of the molecule is O=C(OCC(=O)N1CCN(c2ccccc2F)CC1)c1cccc(O)c1. The van der Waals surface area contributed by atoms with E-state index >= 15 is 0 Å². The second-order valence-corrected chi connectivity index (χ2v) is 5.95. The summed E-state index contributed by atoms with van der Waals surface area (Å²) in [5.41, 5.74) is 0.706. The van der Waals surface area contributed by atoms with Crippen molar-refractivity contribution in [2.75, 3.05) is 37.7 Å². The van der Waals surface area contributed by atoms with Crippen molar-refractivity contribution in [2.24, 2.45) is 0 Å². The van der Waals surface area contributed by atoms with Crippen LogP contribution in [0.15, 0.2) is 48.5 Å². The number of piperazine rings is 1. The van der Waals surface area contributed by atoms with Gasteiger partial charge in [0.15, 0.2) is 6.61 Å². The van der Waals surface area contributed by atoms with E-state index in [4.69, 9.17) is 4.74 Å². The van der Waals surface area contributed by atoms with Crippen molar-refractivity contribution in [2.45, 2.75) is 0 Å². The molecule has 6 nitrogen and oxygen atoms in total. The Balaban J connectivity index is 1.49. The fraction of sp³-hybridized carbons (Fsp3) is 0.263. The summed E-state index contributed by atoms with van der Waals surface area (Å²) in [4.78, 5) is 27.6. The molecule has 2 aromatic carbocycles. The fourth-order valence-corrected chi connectivity index (χ4v) is 2.84. The normalized spacial score (nSPS) is 14.2. The number of amides is 1. The zero-order valence-corrected chi connectivity index (χ0v) is 14.1. The van der Waals surface area contributed by atoms with Crippen LogP contribution >= 0.6 is 0 Å². The van der Waals surface area contributed by atoms with Crippen molar-refractivity contribution < 1.29 is 23.8 Å². The van der Waals surface area contributed by atoms with Crippen LogP contribution in [0.3, 0.4) is 0 Å². The molecule has 0 unspecified atom stereocenters. The molecule has 1 saturated heterocycles. The van der Waals surface area contributed by atoms with Gasteiger partial charge >= 0.3 is 5.97 Å². The number of esters is 1. The van der Waals surface area contributed by atoms with E-state index in [2.05, 4.69) is 0 Å². The average molecular weight is 358 g/mol. The first kappa shape index (κ1) is 17.7. The molecule has 1 fully saturated rings. The number of phenolic OH excluding ortho intramolecular Hbond substituents is 1. The molecular formula is C19H19FN2O4. The number of nitrogens with zero attached hydrogens (tertiary/aromatic N) is 2. The number of carbonyl (C=O) groups excluding carboxylic acids is 2. The molecule has 0 saturated carbocycles. The molecule has 0 aromatic heterocycles. The second-order valence-electron chi connectivity index (χ2n) is 5.95. The number of carbonyl (C=O) groups is 2. The van der Waals surface area contributed by atoms with Gasteiger partial charge in [0, 0.05) is 26.2 Å². The Hall–Kier alpha value is -3.09. The van der Waals surface area contributed by atoms with Gasteiger partial charge in [0.05, 0.1) is 11.3 Å². The molecule has 1 aliphatic rings. The summed E-state index contributed by atoms with van der Waals surface area (Å²) in [5, 5.41) is 9.37. The van der Waals surface area contributed by atoms with Crippen molar-refractivity contribution in [1.29, 1.82) is 0 Å². The van der Waals surface area contributed by atoms with E-state index in [1.807, 2.05) is 4.90 Å². The van der Waals surface area contributed by atoms with E-state index in [1.54, 1.807) is 23.1 Å². The molecular weight excluding hydrogens is 339 g/mol. The van der Waals surface area contributed by atoms with Gasteiger partial charge < -0.3 is 19.6 Å². The monoisotopic (exact) mass is 358 g/mol. The Bertz CT molecular complexity index is 804. The highest BCUT2D eigenvalue weighted by Gasteiger charge is 2.23. The molecule has 26 heavy (non-hydrogen) atoms. The summed E-state index contributed by atoms with van der Waals surface area (Å²) < 4.78 is 18.8. The standard InChI is InChI=1S/C19H19FN2O4/c20-16-6-1-2-7-17(16)21-8-10-22(11-9-21)18(24)13-26-19(25)14-4-3-5-15(23)12-14/h1-7,12,23H,8-11,13H2. The number of hydrogen-bond acceptors (Lipinski definition) is 5. The first-order chi connectivity index (χ1) is 12.5. The van der Waals surface area contributed by atoms with Gasteiger partial charge in [-0.05, 0) is 30.3 Å². The lowest BCUT2D eigenvalue weighted by Gasteiger charge is -2.36. The van der Waals surface area contributed by atoms with E-state index in [1.165, 1.54) is 30.3 Å². The van der Waals surface area contributed by atoms with E-state index < -0.39 is 5.97 Å². The molecule has 3 rings (SSSR count). The summed E-state index contributed by atoms with van der Waals surface area (Å²) in [7, 11) is 0. The van der Waals surface area contributed by atoms with Crippen LogP contribution in [-0.2, 0) is 9.53 Å². The highest BCUT2D eigenvalue weighted by Crippen LogP contribution is 2.20. The summed E-state index contributed by atoms with van der Waals surface area (Å²) >= 11 is 0. The molecule has 1 aliphatic heterocycles. The fourth-order valence-electron chi connectivity index (χ4n) is 2.84. The van der Waals surface area contributed by atoms with Crippen LogP contribution < -0.4 is 4.90 Å². The van der Waals surface area contributed by atoms with Gasteiger partial charge in [0.25, 0.3) is 5.91 Å². The lowest BCUT2D eigenvalue weighted by atomic mass is 10.2. The molecule has 7 heteroatoms. The van der Waals surface area contributed by atoms with E-state index in [9.17, 15) is 19.1 Å². The molecule has 1 N–H and O–H groups in total. The topological polar surface area (TPSA) is 70.1 Å². The van der Waals surface area contributed by atoms with Crippen molar-refractivity contribution in [3.8, 4) is 5.75 Å². The van der Waals surface area contributed by atoms with E-state index in [0.717, 1.165) is 0 Å². The lowest BCUT2D eigenvalue weighted by Crippen LogP contribution is -2.50. The summed E-state index contributed by atoms with van der Waals surface area (Å²) in [5.74, 6) is -1.30. The first-order valence-corrected chi connectivity index (χ1v) is 8.28. The van der Waals surface area contributed by atoms with Crippen LogP contribution in [-0.4, -0.2) is 54.7 Å². The highest BCUT2D eigenvalue weighted by molar-refractivity contribution is 5.91. The smallest absolute Gasteiger partial charge is 0.338 e. The minimum atomic E-state index is -0.667. The van der Waals surface area contributed by atoms with Crippen LogP contribution in [0.1, 0.15) is 10.4 Å². The van der Waals surface area contributed by atoms with Crippen LogP contribution in [0.5, 0.6) is 5.75 Å². The van der Waals surface area contributed by atoms with E-state index in [0.29, 0.717) is 31.9 Å². The average Bonchev–Trinajstić information content (AvgIpc) is 2.66. The Kier molecular flexibility index (Phi) is 5.36. The maximum atomic E-state index is 13.8. The number of rotatable bonds is 4. The molecule has 0 spiro atoms. The quantitative estimate of drug-likeness (QED) is 0.847. The van der Waals surface area contributed by atoms with Crippen molar-refractivity contribution in [3.63, 3.8) is 0 Å². The first-order valence-electron chi connectivity index (χ1n) is 8.28. The van der Waals surface area contributed by atoms with Crippen LogP contribution in [0.4, 0.5) is 10.1 Å². The van der Waals surface area contributed by atoms with Gasteiger partial charge in [0.1, 0.15) is 11.6 Å². The van der Waals surface area contributed by atoms with Gasteiger partial charge in [-0.15, -0.1) is 0 Å². The number of halogens is 1. The maximum Gasteiger partial charge on any atom is 0.338 e. The number of benzene rings is 2. The molecule has 1 heterocycles. The van der Waals surface area contributed by atoms with Gasteiger partial charge in [-0.1, -0.05) is 18.2 Å². The molecule has 0 radical (unpaired) electrons. The van der Waals surface area contributed by atoms with Crippen molar-refractivity contribution in [3.05, 3.63) is 59.9 Å². The van der Waals surface area contributed by atoms with Gasteiger partial charge in [-0.2, -0.15) is 0 Å². The summed E-state index contributed by atoms with van der Waals surface area (Å²) in [6.07, 6.45) is 0. The third-order valence-corrected chi connectivity index (χ3v) is 4.23. The molecule has 0 bridgehead atoms. The number of phenols is 1. The number of para-hydroxylation sites is 1. The van der Waals surface area contributed by atoms with Crippen molar-refractivity contribution >= 4 is 17.6 Å². The lowest BCUT2D eigenvalue weighted by molar-refractivity contribution is -0.134. The molecule has 2 aromatic rings. The minimum Gasteiger partial charge on any atom is -0.508 e. The van der Waals surface area contributed by atoms with Crippen LogP contribution in [0.2, 0.25) is 0 Å². The number of aromatic hydroxyl groups is 1. The predicted octanol–water partition coefficient (Wildman–Crippen LogP) is 2.04. The minimum absolute atomic E-state index is 0.0463. The largest absolute Gasteiger partial charge is 0.508 e. The highest BCUT2D eigenvalue weighted by atomic mass is 19.1. The second kappa shape index (κ2) is 7.86. The Morgan fingerprint density at radius 2 is 1.77 bits per heavy atom. The third kappa shape index (κ3) is 4.11. The Morgan fingerprint density at radius 3 is 2.46 bits per heavy atom. The number of ether oxygens (including phenoxy) is 1. The Labute approximate surface area is 150 Å². The zero-order chi connectivity index (χ0) is 18.5. The Morgan fingerprint density at radius 1 is 1.04 bits per heavy atom. The third-order valence-electron chi connectivity index (χ3n) is 4.23. The summed E-state index contributed by atoms with van der Waals surface area (Å²) in [6, 6.07) is 12.3. The van der Waals surface area contributed by atoms with Crippen molar-refractivity contribution in [1.82, 2.24) is 4.90 Å². The molecule has 0 aliphatic carbocycles. The number of hydrogen-bond donors (Lipinski definition) is 1. The summed E-state index contributed by atoms with van der Waals surface area (Å²) in [6.45, 7) is 1.50. The van der Waals surface area contributed by atoms with Crippen LogP contribution in [0, 0.1) is 5.82 Å². The number of anilines is 1. The van der Waals surface area contributed by atoms with Gasteiger partial charge in [-0.25, -0.2) is 9.18 Å². The predicted molar refractivity (Wildman–Crippen MR) is 93.6 cm³/mol. The van der Waals surface area contributed by atoms with Crippen LogP contribution in [0.25, 0.3) is 0 Å².